The SMILES string of the molecule is CC(C)CS(=O)(=O)NCCn1c(Sc2cc3c(cc2I)CCC3F)nc2c(N)ncnc21. The molecule has 1 aliphatic rings. The number of hydrogen-bond acceptors (Lipinski definition) is 7. The molecular weight excluding hydrogens is 566 g/mol. The topological polar surface area (TPSA) is 116 Å². The number of aryl methyl sites for hydroxylation is 1. The van der Waals surface area contributed by atoms with E-state index in [1.54, 1.807) is 0 Å². The zero-order chi connectivity index (χ0) is 23.0. The van der Waals surface area contributed by atoms with Crippen LogP contribution < -0.4 is 10.5 Å². The second kappa shape index (κ2) is 9.39. The maximum absolute atomic E-state index is 14.3. The number of anilines is 1. The summed E-state index contributed by atoms with van der Waals surface area (Å²) in [6.45, 7) is 4.22. The molecule has 0 saturated carbocycles. The largest absolute Gasteiger partial charge is 0.382 e. The monoisotopic (exact) mass is 590 g/mol. The van der Waals surface area contributed by atoms with E-state index < -0.39 is 16.2 Å². The molecule has 2 heterocycles. The van der Waals surface area contributed by atoms with E-state index in [1.165, 1.54) is 18.1 Å². The summed E-state index contributed by atoms with van der Waals surface area (Å²) in [6.07, 6.45) is 1.68. The van der Waals surface area contributed by atoms with Gasteiger partial charge in [-0.2, -0.15) is 0 Å². The van der Waals surface area contributed by atoms with E-state index in [4.69, 9.17) is 5.73 Å². The first-order valence-electron chi connectivity index (χ1n) is 10.2. The van der Waals surface area contributed by atoms with Gasteiger partial charge in [0.2, 0.25) is 10.0 Å². The Balaban J connectivity index is 1.65. The molecule has 3 aromatic rings. The third kappa shape index (κ3) is 5.02. The normalized spacial score (nSPS) is 16.2. The van der Waals surface area contributed by atoms with E-state index in [2.05, 4.69) is 42.3 Å². The summed E-state index contributed by atoms with van der Waals surface area (Å²) in [6, 6.07) is 3.92. The zero-order valence-corrected chi connectivity index (χ0v) is 21.5. The first kappa shape index (κ1) is 23.6. The van der Waals surface area contributed by atoms with Crippen molar-refractivity contribution >= 4 is 61.4 Å². The third-order valence-corrected chi connectivity index (χ3v) is 9.19. The number of sulfonamides is 1. The number of aromatic nitrogens is 4. The Morgan fingerprint density at radius 2 is 2.16 bits per heavy atom. The summed E-state index contributed by atoms with van der Waals surface area (Å²) in [7, 11) is -3.38. The van der Waals surface area contributed by atoms with Gasteiger partial charge in [-0.05, 0) is 64.6 Å². The van der Waals surface area contributed by atoms with E-state index in [0.29, 0.717) is 29.3 Å². The molecule has 12 heteroatoms. The van der Waals surface area contributed by atoms with Crippen molar-refractivity contribution in [3.8, 4) is 0 Å². The van der Waals surface area contributed by atoms with Crippen LogP contribution in [0, 0.1) is 9.49 Å². The van der Waals surface area contributed by atoms with Crippen molar-refractivity contribution in [2.45, 2.75) is 49.5 Å². The molecule has 172 valence electrons. The number of alkyl halides is 1. The number of imidazole rings is 1. The number of nitrogens with one attached hydrogen (secondary N) is 1. The second-order valence-electron chi connectivity index (χ2n) is 8.14. The van der Waals surface area contributed by atoms with E-state index in [1.807, 2.05) is 30.5 Å². The molecule has 8 nitrogen and oxygen atoms in total. The van der Waals surface area contributed by atoms with Gasteiger partial charge in [0.15, 0.2) is 22.1 Å². The van der Waals surface area contributed by atoms with E-state index in [9.17, 15) is 12.8 Å². The van der Waals surface area contributed by atoms with Crippen molar-refractivity contribution in [1.29, 1.82) is 0 Å². The lowest BCUT2D eigenvalue weighted by molar-refractivity contribution is 0.343. The molecule has 1 atom stereocenters. The highest BCUT2D eigenvalue weighted by molar-refractivity contribution is 14.1. The molecule has 0 bridgehead atoms. The Morgan fingerprint density at radius 1 is 1.38 bits per heavy atom. The predicted octanol–water partition coefficient (Wildman–Crippen LogP) is 3.70. The number of rotatable bonds is 8. The average Bonchev–Trinajstić information content (AvgIpc) is 3.23. The molecule has 0 radical (unpaired) electrons. The quantitative estimate of drug-likeness (QED) is 0.385. The van der Waals surface area contributed by atoms with E-state index in [0.717, 1.165) is 26.0 Å². The molecule has 4 rings (SSSR count). The van der Waals surface area contributed by atoms with Gasteiger partial charge >= 0.3 is 0 Å². The van der Waals surface area contributed by atoms with Gasteiger partial charge in [-0.3, -0.25) is 0 Å². The molecule has 1 unspecified atom stereocenters. The summed E-state index contributed by atoms with van der Waals surface area (Å²) in [5.74, 6) is 0.344. The van der Waals surface area contributed by atoms with Gasteiger partial charge < -0.3 is 10.3 Å². The highest BCUT2D eigenvalue weighted by atomic mass is 127. The molecule has 1 aromatic carbocycles. The van der Waals surface area contributed by atoms with Crippen LogP contribution in [0.25, 0.3) is 11.2 Å². The van der Waals surface area contributed by atoms with E-state index >= 15 is 0 Å². The van der Waals surface area contributed by atoms with Crippen molar-refractivity contribution in [2.75, 3.05) is 18.0 Å². The van der Waals surface area contributed by atoms with Gasteiger partial charge in [0, 0.05) is 21.6 Å². The minimum Gasteiger partial charge on any atom is -0.382 e. The fourth-order valence-electron chi connectivity index (χ4n) is 3.76. The van der Waals surface area contributed by atoms with Crippen LogP contribution in [-0.2, 0) is 23.0 Å². The average molecular weight is 590 g/mol. The zero-order valence-electron chi connectivity index (χ0n) is 17.7. The molecule has 0 aliphatic heterocycles. The van der Waals surface area contributed by atoms with Crippen LogP contribution in [0.1, 0.15) is 37.6 Å². The lowest BCUT2D eigenvalue weighted by Crippen LogP contribution is -2.31. The molecule has 0 amide bonds. The summed E-state index contributed by atoms with van der Waals surface area (Å²) in [4.78, 5) is 13.8. The van der Waals surface area contributed by atoms with Gasteiger partial charge in [0.25, 0.3) is 0 Å². The molecule has 2 aromatic heterocycles. The van der Waals surface area contributed by atoms with Gasteiger partial charge in [-0.15, -0.1) is 0 Å². The summed E-state index contributed by atoms with van der Waals surface area (Å²) >= 11 is 3.64. The van der Waals surface area contributed by atoms with Gasteiger partial charge in [0.1, 0.15) is 12.5 Å². The Bertz CT molecular complexity index is 1260. The van der Waals surface area contributed by atoms with Crippen LogP contribution in [0.3, 0.4) is 0 Å². The highest BCUT2D eigenvalue weighted by Gasteiger charge is 2.25. The van der Waals surface area contributed by atoms with Gasteiger partial charge in [-0.25, -0.2) is 32.5 Å². The summed E-state index contributed by atoms with van der Waals surface area (Å²) < 4.78 is 44.2. The third-order valence-electron chi connectivity index (χ3n) is 5.13. The molecule has 1 aliphatic carbocycles. The fourth-order valence-corrected chi connectivity index (χ4v) is 6.98. The number of nitrogens with zero attached hydrogens (tertiary/aromatic N) is 4. The minimum atomic E-state index is -3.38. The Labute approximate surface area is 204 Å². The van der Waals surface area contributed by atoms with Crippen LogP contribution in [0.5, 0.6) is 0 Å². The van der Waals surface area contributed by atoms with Crippen LogP contribution in [0.2, 0.25) is 0 Å². The highest BCUT2D eigenvalue weighted by Crippen LogP contribution is 2.41. The fraction of sp³-hybridized carbons (Fsp3) is 0.450. The molecule has 32 heavy (non-hydrogen) atoms. The van der Waals surface area contributed by atoms with Crippen molar-refractivity contribution in [2.24, 2.45) is 5.92 Å². The van der Waals surface area contributed by atoms with E-state index in [-0.39, 0.29) is 24.0 Å². The molecule has 0 fully saturated rings. The van der Waals surface area contributed by atoms with Gasteiger partial charge in [0.05, 0.1) is 5.75 Å². The molecule has 0 saturated heterocycles. The number of nitrogens with two attached hydrogens (primary N) is 1. The van der Waals surface area contributed by atoms with Crippen LogP contribution in [0.4, 0.5) is 10.2 Å². The number of halogens is 2. The minimum absolute atomic E-state index is 0.0291. The number of fused-ring (bicyclic) bond motifs is 2. The van der Waals surface area contributed by atoms with Crippen molar-refractivity contribution < 1.29 is 12.8 Å². The van der Waals surface area contributed by atoms with Crippen LogP contribution in [0.15, 0.2) is 28.5 Å². The lowest BCUT2D eigenvalue weighted by atomic mass is 10.1. The van der Waals surface area contributed by atoms with Crippen LogP contribution in [-0.4, -0.2) is 40.2 Å². The maximum Gasteiger partial charge on any atom is 0.211 e. The number of benzene rings is 1. The Kier molecular flexibility index (Phi) is 6.94. The number of hydrogen-bond donors (Lipinski definition) is 2. The first-order chi connectivity index (χ1) is 15.1. The standard InChI is InChI=1S/C20H24FIN6O2S2/c1-11(2)9-32(29,30)26-5-6-28-19-17(18(23)24-10-25-19)27-20(28)31-16-8-13-12(7-15(16)22)3-4-14(13)21/h7-8,10-11,14,26H,3-6,9H2,1-2H3,(H2,23,24,25). The van der Waals surface area contributed by atoms with Crippen LogP contribution >= 0.6 is 34.4 Å². The second-order valence-corrected chi connectivity index (χ2v) is 12.2. The Morgan fingerprint density at radius 3 is 2.91 bits per heavy atom. The number of nitrogen functional groups attached to an aromatic ring is 1. The maximum atomic E-state index is 14.3. The summed E-state index contributed by atoms with van der Waals surface area (Å²) in [5, 5.41) is 0.599. The Hall–Kier alpha value is -1.51. The lowest BCUT2D eigenvalue weighted by Gasteiger charge is -2.12. The molecular formula is C20H24FIN6O2S2. The van der Waals surface area contributed by atoms with Crippen molar-refractivity contribution in [3.05, 3.63) is 33.2 Å². The predicted molar refractivity (Wildman–Crippen MR) is 132 cm³/mol. The van der Waals surface area contributed by atoms with Crippen molar-refractivity contribution in [1.82, 2.24) is 24.2 Å². The molecule has 0 spiro atoms. The first-order valence-corrected chi connectivity index (χ1v) is 13.8. The smallest absolute Gasteiger partial charge is 0.211 e. The van der Waals surface area contributed by atoms with Crippen molar-refractivity contribution in [3.63, 3.8) is 0 Å². The molecule has 3 N–H and O–H groups in total. The summed E-state index contributed by atoms with van der Waals surface area (Å²) in [5.41, 5.74) is 8.78. The van der Waals surface area contributed by atoms with Gasteiger partial charge in [-0.1, -0.05) is 25.6 Å².